The minimum absolute atomic E-state index is 0.0528. The van der Waals surface area contributed by atoms with Gasteiger partial charge in [-0.15, -0.1) is 0 Å². The zero-order chi connectivity index (χ0) is 22.7. The molecule has 0 spiro atoms. The van der Waals surface area contributed by atoms with Crippen LogP contribution in [0.15, 0.2) is 30.6 Å². The van der Waals surface area contributed by atoms with Gasteiger partial charge in [-0.05, 0) is 63.3 Å². The maximum Gasteiger partial charge on any atom is 0.263 e. The Bertz CT molecular complexity index is 907. The second-order valence-electron chi connectivity index (χ2n) is 8.27. The second kappa shape index (κ2) is 9.70. The Morgan fingerprint density at radius 1 is 1.28 bits per heavy atom. The molecule has 2 unspecified atom stereocenters. The number of nitrogens with zero attached hydrogens (tertiary/aromatic N) is 4. The first-order valence-corrected chi connectivity index (χ1v) is 11.1. The number of carbonyl (C=O) groups excluding carboxylic acids is 1. The molecule has 1 aromatic carbocycles. The van der Waals surface area contributed by atoms with Gasteiger partial charge in [0.25, 0.3) is 12.3 Å². The lowest BCUT2D eigenvalue weighted by Crippen LogP contribution is -2.50. The van der Waals surface area contributed by atoms with Gasteiger partial charge in [0.1, 0.15) is 23.9 Å². The van der Waals surface area contributed by atoms with E-state index in [1.165, 1.54) is 11.0 Å². The Labute approximate surface area is 185 Å². The first-order chi connectivity index (χ1) is 15.5. The monoisotopic (exact) mass is 449 g/mol. The number of rotatable bonds is 7. The van der Waals surface area contributed by atoms with Gasteiger partial charge in [0.2, 0.25) is 5.95 Å². The van der Waals surface area contributed by atoms with Gasteiger partial charge in [0.15, 0.2) is 6.10 Å². The Kier molecular flexibility index (Phi) is 6.76. The topological polar surface area (TPSA) is 81.5 Å². The van der Waals surface area contributed by atoms with E-state index in [2.05, 4.69) is 15.4 Å². The summed E-state index contributed by atoms with van der Waals surface area (Å²) in [6.07, 6.45) is 0.0398. The maximum atomic E-state index is 13.6. The van der Waals surface area contributed by atoms with E-state index in [0.717, 1.165) is 18.6 Å². The highest BCUT2D eigenvalue weighted by Crippen LogP contribution is 2.35. The number of hydrogen-bond donors (Lipinski definition) is 1. The lowest BCUT2D eigenvalue weighted by atomic mass is 9.86. The Hall–Kier alpha value is -2.91. The molecular formula is C22H29F2N5O3. The normalized spacial score (nSPS) is 23.9. The summed E-state index contributed by atoms with van der Waals surface area (Å²) < 4.78 is 39.7. The van der Waals surface area contributed by atoms with E-state index in [-0.39, 0.29) is 24.3 Å². The molecule has 2 aliphatic rings. The number of piperidine rings is 1. The van der Waals surface area contributed by atoms with Crippen LogP contribution in [0.5, 0.6) is 11.5 Å². The molecule has 0 aliphatic carbocycles. The van der Waals surface area contributed by atoms with Crippen LogP contribution >= 0.6 is 0 Å². The van der Waals surface area contributed by atoms with Crippen molar-refractivity contribution in [3.8, 4) is 11.5 Å². The average molecular weight is 450 g/mol. The molecule has 4 atom stereocenters. The van der Waals surface area contributed by atoms with E-state index in [1.807, 2.05) is 6.92 Å². The summed E-state index contributed by atoms with van der Waals surface area (Å²) in [6.45, 7) is 5.36. The molecule has 0 radical (unpaired) electrons. The third kappa shape index (κ3) is 4.78. The average Bonchev–Trinajstić information content (AvgIpc) is 3.28. The number of carbonyl (C=O) groups is 1. The fourth-order valence-corrected chi connectivity index (χ4v) is 4.53. The molecule has 2 aliphatic heterocycles. The number of halogens is 2. The SMILES string of the molecule is CCOc1ccc(OC(C)C(=O)N2CCCC([C@@H]3C[C@H](C(F)F)n4ncnc4N3)C2)cc1. The van der Waals surface area contributed by atoms with Crippen LogP contribution in [0.2, 0.25) is 0 Å². The third-order valence-corrected chi connectivity index (χ3v) is 6.12. The Morgan fingerprint density at radius 3 is 2.75 bits per heavy atom. The van der Waals surface area contributed by atoms with Crippen molar-refractivity contribution in [1.29, 1.82) is 0 Å². The summed E-state index contributed by atoms with van der Waals surface area (Å²) in [5, 5.41) is 7.19. The van der Waals surface area contributed by atoms with Crippen molar-refractivity contribution in [2.24, 2.45) is 5.92 Å². The number of alkyl halides is 2. The number of likely N-dealkylation sites (tertiary alicyclic amines) is 1. The fraction of sp³-hybridized carbons (Fsp3) is 0.591. The third-order valence-electron chi connectivity index (χ3n) is 6.12. The molecule has 1 aromatic heterocycles. The van der Waals surface area contributed by atoms with E-state index in [1.54, 1.807) is 36.1 Å². The molecule has 1 fully saturated rings. The van der Waals surface area contributed by atoms with Gasteiger partial charge in [-0.3, -0.25) is 4.79 Å². The number of fused-ring (bicyclic) bond motifs is 1. The molecule has 32 heavy (non-hydrogen) atoms. The van der Waals surface area contributed by atoms with Crippen molar-refractivity contribution in [3.05, 3.63) is 30.6 Å². The van der Waals surface area contributed by atoms with Crippen molar-refractivity contribution >= 4 is 11.9 Å². The van der Waals surface area contributed by atoms with E-state index < -0.39 is 18.6 Å². The molecule has 10 heteroatoms. The van der Waals surface area contributed by atoms with Crippen LogP contribution in [0.1, 0.15) is 39.2 Å². The van der Waals surface area contributed by atoms with Crippen molar-refractivity contribution in [1.82, 2.24) is 19.7 Å². The Balaban J connectivity index is 1.37. The molecule has 0 bridgehead atoms. The number of benzene rings is 1. The van der Waals surface area contributed by atoms with Crippen LogP contribution in [-0.2, 0) is 4.79 Å². The van der Waals surface area contributed by atoms with E-state index >= 15 is 0 Å². The summed E-state index contributed by atoms with van der Waals surface area (Å²) in [7, 11) is 0. The summed E-state index contributed by atoms with van der Waals surface area (Å²) in [6, 6.07) is 5.97. The molecule has 1 N–H and O–H groups in total. The summed E-state index contributed by atoms with van der Waals surface area (Å²) in [5.74, 6) is 1.65. The van der Waals surface area contributed by atoms with Crippen LogP contribution in [0.25, 0.3) is 0 Å². The zero-order valence-electron chi connectivity index (χ0n) is 18.3. The van der Waals surface area contributed by atoms with Gasteiger partial charge in [-0.2, -0.15) is 10.1 Å². The molecule has 1 amide bonds. The number of ether oxygens (including phenoxy) is 2. The fourth-order valence-electron chi connectivity index (χ4n) is 4.53. The Morgan fingerprint density at radius 2 is 2.03 bits per heavy atom. The number of hydrogen-bond acceptors (Lipinski definition) is 6. The highest BCUT2D eigenvalue weighted by molar-refractivity contribution is 5.81. The van der Waals surface area contributed by atoms with Crippen LogP contribution in [-0.4, -0.2) is 63.8 Å². The maximum absolute atomic E-state index is 13.6. The standard InChI is InChI=1S/C22H29F2N5O3/c1-3-31-16-6-8-17(9-7-16)32-14(2)21(30)28-10-4-5-15(12-28)18-11-19(20(23)24)29-22(27-18)25-13-26-29/h6-9,13-15,18-20H,3-5,10-12H2,1-2H3,(H,25,26,27)/t14?,15?,18-,19+/m0/s1. The molecule has 4 rings (SSSR count). The highest BCUT2D eigenvalue weighted by atomic mass is 19.3. The molecule has 1 saturated heterocycles. The molecule has 2 aromatic rings. The van der Waals surface area contributed by atoms with E-state index in [0.29, 0.717) is 31.4 Å². The van der Waals surface area contributed by atoms with Crippen LogP contribution < -0.4 is 14.8 Å². The van der Waals surface area contributed by atoms with Gasteiger partial charge in [0.05, 0.1) is 6.61 Å². The number of aromatic nitrogens is 3. The van der Waals surface area contributed by atoms with E-state index in [9.17, 15) is 13.6 Å². The summed E-state index contributed by atoms with van der Waals surface area (Å²) >= 11 is 0. The molecule has 3 heterocycles. The smallest absolute Gasteiger partial charge is 0.263 e. The minimum Gasteiger partial charge on any atom is -0.494 e. The number of nitrogens with one attached hydrogen (secondary N) is 1. The first-order valence-electron chi connectivity index (χ1n) is 11.1. The van der Waals surface area contributed by atoms with Gasteiger partial charge in [-0.1, -0.05) is 0 Å². The summed E-state index contributed by atoms with van der Waals surface area (Å²) in [5.41, 5.74) is 0. The first kappa shape index (κ1) is 22.3. The van der Waals surface area contributed by atoms with Crippen LogP contribution in [0.4, 0.5) is 14.7 Å². The van der Waals surface area contributed by atoms with Gasteiger partial charge in [0, 0.05) is 19.1 Å². The molecule has 0 saturated carbocycles. The van der Waals surface area contributed by atoms with Crippen molar-refractivity contribution < 1.29 is 23.0 Å². The number of anilines is 1. The van der Waals surface area contributed by atoms with Crippen LogP contribution in [0, 0.1) is 5.92 Å². The largest absolute Gasteiger partial charge is 0.494 e. The highest BCUT2D eigenvalue weighted by Gasteiger charge is 2.39. The lowest BCUT2D eigenvalue weighted by Gasteiger charge is -2.41. The predicted molar refractivity (Wildman–Crippen MR) is 114 cm³/mol. The lowest BCUT2D eigenvalue weighted by molar-refractivity contribution is -0.140. The predicted octanol–water partition coefficient (Wildman–Crippen LogP) is 3.37. The van der Waals surface area contributed by atoms with Gasteiger partial charge >= 0.3 is 0 Å². The molecule has 174 valence electrons. The zero-order valence-corrected chi connectivity index (χ0v) is 18.3. The van der Waals surface area contributed by atoms with Crippen molar-refractivity contribution in [2.75, 3.05) is 25.0 Å². The minimum atomic E-state index is -2.52. The van der Waals surface area contributed by atoms with Crippen molar-refractivity contribution in [3.63, 3.8) is 0 Å². The van der Waals surface area contributed by atoms with Gasteiger partial charge < -0.3 is 19.7 Å². The molecular weight excluding hydrogens is 420 g/mol. The van der Waals surface area contributed by atoms with Crippen LogP contribution in [0.3, 0.4) is 0 Å². The van der Waals surface area contributed by atoms with Crippen molar-refractivity contribution in [2.45, 2.75) is 57.7 Å². The molecule has 8 nitrogen and oxygen atoms in total. The quantitative estimate of drug-likeness (QED) is 0.698. The van der Waals surface area contributed by atoms with E-state index in [4.69, 9.17) is 9.47 Å². The summed E-state index contributed by atoms with van der Waals surface area (Å²) in [4.78, 5) is 18.9. The second-order valence-corrected chi connectivity index (χ2v) is 8.27. The number of amides is 1. The van der Waals surface area contributed by atoms with Gasteiger partial charge in [-0.25, -0.2) is 13.5 Å².